The summed E-state index contributed by atoms with van der Waals surface area (Å²) in [5, 5.41) is 0. The van der Waals surface area contributed by atoms with Gasteiger partial charge in [-0.1, -0.05) is 74.5 Å². The van der Waals surface area contributed by atoms with E-state index in [1.165, 1.54) is 6.08 Å². The highest BCUT2D eigenvalue weighted by molar-refractivity contribution is 5.96. The molecular weight excluding hydrogens is 324 g/mol. The molecule has 0 saturated carbocycles. The third-order valence-electron chi connectivity index (χ3n) is 4.80. The van der Waals surface area contributed by atoms with E-state index in [2.05, 4.69) is 13.8 Å². The molecule has 3 rings (SSSR count). The fourth-order valence-corrected chi connectivity index (χ4v) is 3.73. The van der Waals surface area contributed by atoms with E-state index in [4.69, 9.17) is 4.74 Å². The lowest BCUT2D eigenvalue weighted by Gasteiger charge is -2.36. The summed E-state index contributed by atoms with van der Waals surface area (Å²) in [5.41, 5.74) is 0.912. The molecule has 3 nitrogen and oxygen atoms in total. The van der Waals surface area contributed by atoms with E-state index >= 15 is 0 Å². The molecule has 0 radical (unpaired) electrons. The van der Waals surface area contributed by atoms with Crippen molar-refractivity contribution in [2.45, 2.75) is 38.2 Å². The highest BCUT2D eigenvalue weighted by Crippen LogP contribution is 2.43. The number of hydrogen-bond acceptors (Lipinski definition) is 3. The van der Waals surface area contributed by atoms with Crippen LogP contribution in [0.1, 0.15) is 48.5 Å². The monoisotopic (exact) mass is 348 g/mol. The fourth-order valence-electron chi connectivity index (χ4n) is 3.73. The third kappa shape index (κ3) is 3.93. The average Bonchev–Trinajstić information content (AvgIpc) is 3.01. The lowest BCUT2D eigenvalue weighted by molar-refractivity contribution is -0.148. The Labute approximate surface area is 154 Å². The van der Waals surface area contributed by atoms with Crippen LogP contribution in [0.15, 0.2) is 72.8 Å². The number of esters is 1. The quantitative estimate of drug-likeness (QED) is 0.526. The molecule has 3 heteroatoms. The van der Waals surface area contributed by atoms with Crippen LogP contribution >= 0.6 is 0 Å². The summed E-state index contributed by atoms with van der Waals surface area (Å²) < 4.78 is 5.81. The molecule has 0 aromatic heterocycles. The number of cyclic esters (lactones) is 1. The first-order valence-corrected chi connectivity index (χ1v) is 9.05. The second kappa shape index (κ2) is 7.69. The second-order valence-electron chi connectivity index (χ2n) is 7.26. The highest BCUT2D eigenvalue weighted by Gasteiger charge is 2.45. The smallest absolute Gasteiger partial charge is 0.331 e. The zero-order valence-electron chi connectivity index (χ0n) is 15.2. The topological polar surface area (TPSA) is 43.4 Å². The molecular formula is C23H24O3. The molecule has 1 aliphatic rings. The lowest BCUT2D eigenvalue weighted by Crippen LogP contribution is -2.38. The molecule has 0 saturated heterocycles. The largest absolute Gasteiger partial charge is 0.451 e. The Balaban J connectivity index is 1.99. The maximum Gasteiger partial charge on any atom is 0.331 e. The summed E-state index contributed by atoms with van der Waals surface area (Å²) in [6, 6.07) is 19.2. The lowest BCUT2D eigenvalue weighted by atomic mass is 9.74. The molecule has 0 bridgehead atoms. The minimum absolute atomic E-state index is 0.0546. The summed E-state index contributed by atoms with van der Waals surface area (Å²) in [6.07, 6.45) is 4.31. The summed E-state index contributed by atoms with van der Waals surface area (Å²) in [5.74, 6) is -0.178. The van der Waals surface area contributed by atoms with E-state index in [1.54, 1.807) is 0 Å². The van der Waals surface area contributed by atoms with Crippen molar-refractivity contribution in [3.8, 4) is 0 Å². The zero-order valence-corrected chi connectivity index (χ0v) is 15.2. The van der Waals surface area contributed by atoms with Gasteiger partial charge < -0.3 is 4.74 Å². The van der Waals surface area contributed by atoms with Crippen LogP contribution in [-0.4, -0.2) is 17.4 Å². The Hall–Kier alpha value is -2.68. The second-order valence-corrected chi connectivity index (χ2v) is 7.26. The van der Waals surface area contributed by atoms with Gasteiger partial charge in [-0.05, 0) is 24.0 Å². The first-order chi connectivity index (χ1) is 12.5. The number of carbonyl (C=O) groups excluding carboxylic acids is 2. The molecule has 0 spiro atoms. The number of hydrogen-bond donors (Lipinski definition) is 0. The summed E-state index contributed by atoms with van der Waals surface area (Å²) >= 11 is 0. The van der Waals surface area contributed by atoms with Gasteiger partial charge in [0.25, 0.3) is 0 Å². The van der Waals surface area contributed by atoms with Gasteiger partial charge in [0.1, 0.15) is 5.60 Å². The van der Waals surface area contributed by atoms with E-state index in [0.29, 0.717) is 24.3 Å². The number of ether oxygens (including phenoxy) is 1. The van der Waals surface area contributed by atoms with Crippen molar-refractivity contribution in [1.29, 1.82) is 0 Å². The molecule has 26 heavy (non-hydrogen) atoms. The van der Waals surface area contributed by atoms with Crippen LogP contribution in [0.5, 0.6) is 0 Å². The standard InChI is InChI=1S/C23H24O3/c1-17(2)16-23(14-13-22(25)26-23)20(18-9-5-3-6-10-18)15-21(24)19-11-7-4-8-12-19/h3-14,17,20H,15-16H2,1-2H3/t20-,23-/m0/s1. The maximum absolute atomic E-state index is 12.9. The van der Waals surface area contributed by atoms with Crippen LogP contribution < -0.4 is 0 Å². The van der Waals surface area contributed by atoms with E-state index in [9.17, 15) is 9.59 Å². The first-order valence-electron chi connectivity index (χ1n) is 9.05. The molecule has 0 aliphatic carbocycles. The Morgan fingerprint density at radius 3 is 2.15 bits per heavy atom. The SMILES string of the molecule is CC(C)C[C@]1([C@@H](CC(=O)c2ccccc2)c2ccccc2)C=CC(=O)O1. The van der Waals surface area contributed by atoms with Gasteiger partial charge >= 0.3 is 5.97 Å². The van der Waals surface area contributed by atoms with Crippen LogP contribution in [-0.2, 0) is 9.53 Å². The van der Waals surface area contributed by atoms with Gasteiger partial charge in [-0.2, -0.15) is 0 Å². The van der Waals surface area contributed by atoms with Crippen LogP contribution in [0.25, 0.3) is 0 Å². The molecule has 0 amide bonds. The van der Waals surface area contributed by atoms with E-state index in [-0.39, 0.29) is 17.7 Å². The first kappa shape index (κ1) is 18.1. The van der Waals surface area contributed by atoms with Gasteiger partial charge in [0, 0.05) is 24.0 Å². The number of carbonyl (C=O) groups is 2. The zero-order chi connectivity index (χ0) is 18.6. The normalized spacial score (nSPS) is 20.2. The van der Waals surface area contributed by atoms with Crippen molar-refractivity contribution in [2.24, 2.45) is 5.92 Å². The van der Waals surface area contributed by atoms with E-state index < -0.39 is 5.60 Å². The van der Waals surface area contributed by atoms with E-state index in [1.807, 2.05) is 66.7 Å². The van der Waals surface area contributed by atoms with Crippen molar-refractivity contribution in [3.05, 3.63) is 83.9 Å². The number of rotatable bonds is 7. The predicted molar refractivity (Wildman–Crippen MR) is 102 cm³/mol. The van der Waals surface area contributed by atoms with Crippen LogP contribution in [0.2, 0.25) is 0 Å². The number of benzene rings is 2. The highest BCUT2D eigenvalue weighted by atomic mass is 16.6. The fraction of sp³-hybridized carbons (Fsp3) is 0.304. The van der Waals surface area contributed by atoms with Gasteiger partial charge in [-0.3, -0.25) is 4.79 Å². The average molecular weight is 348 g/mol. The van der Waals surface area contributed by atoms with Crippen LogP contribution in [0.4, 0.5) is 0 Å². The Morgan fingerprint density at radius 2 is 1.62 bits per heavy atom. The maximum atomic E-state index is 12.9. The summed E-state index contributed by atoms with van der Waals surface area (Å²) in [6.45, 7) is 4.20. The third-order valence-corrected chi connectivity index (χ3v) is 4.80. The predicted octanol–water partition coefficient (Wildman–Crippen LogP) is 4.94. The number of ketones is 1. The van der Waals surface area contributed by atoms with Crippen molar-refractivity contribution >= 4 is 11.8 Å². The van der Waals surface area contributed by atoms with Gasteiger partial charge in [0.05, 0.1) is 0 Å². The van der Waals surface area contributed by atoms with Crippen molar-refractivity contribution in [1.82, 2.24) is 0 Å². The van der Waals surface area contributed by atoms with Crippen LogP contribution in [0, 0.1) is 5.92 Å². The molecule has 0 N–H and O–H groups in total. The van der Waals surface area contributed by atoms with Crippen molar-refractivity contribution < 1.29 is 14.3 Å². The van der Waals surface area contributed by atoms with Crippen molar-refractivity contribution in [3.63, 3.8) is 0 Å². The van der Waals surface area contributed by atoms with Gasteiger partial charge in [0.2, 0.25) is 0 Å². The molecule has 0 fully saturated rings. The Kier molecular flexibility index (Phi) is 5.36. The molecule has 1 heterocycles. The van der Waals surface area contributed by atoms with Crippen LogP contribution in [0.3, 0.4) is 0 Å². The molecule has 0 unspecified atom stereocenters. The van der Waals surface area contributed by atoms with Gasteiger partial charge in [0.15, 0.2) is 5.78 Å². The molecule has 2 atom stereocenters. The number of Topliss-reactive ketones (excluding diaryl/α,β-unsaturated/α-hetero) is 1. The molecule has 134 valence electrons. The Morgan fingerprint density at radius 1 is 1.00 bits per heavy atom. The van der Waals surface area contributed by atoms with Crippen molar-refractivity contribution in [2.75, 3.05) is 0 Å². The molecule has 2 aromatic carbocycles. The van der Waals surface area contributed by atoms with E-state index in [0.717, 1.165) is 5.56 Å². The Bertz CT molecular complexity index is 793. The molecule has 1 aliphatic heterocycles. The summed E-state index contributed by atoms with van der Waals surface area (Å²) in [7, 11) is 0. The van der Waals surface area contributed by atoms with Gasteiger partial charge in [-0.15, -0.1) is 0 Å². The van der Waals surface area contributed by atoms with Gasteiger partial charge in [-0.25, -0.2) is 4.79 Å². The minimum atomic E-state index is -0.781. The summed E-state index contributed by atoms with van der Waals surface area (Å²) in [4.78, 5) is 24.9. The minimum Gasteiger partial charge on any atom is -0.451 e. The molecule has 2 aromatic rings.